The average Bonchev–Trinajstić information content (AvgIpc) is 2.64. The van der Waals surface area contributed by atoms with E-state index < -0.39 is 17.9 Å². The third kappa shape index (κ3) is 4.42. The lowest BCUT2D eigenvalue weighted by Crippen LogP contribution is -2.10. The number of carbonyl (C=O) groups is 2. The van der Waals surface area contributed by atoms with Crippen LogP contribution in [-0.2, 0) is 4.79 Å². The van der Waals surface area contributed by atoms with Crippen molar-refractivity contribution >= 4 is 11.9 Å². The molecule has 1 unspecified atom stereocenters. The number of rotatable bonds is 8. The molecule has 0 amide bonds. The van der Waals surface area contributed by atoms with E-state index in [4.69, 9.17) is 14.6 Å². The van der Waals surface area contributed by atoms with Gasteiger partial charge in [-0.1, -0.05) is 24.3 Å². The lowest BCUT2D eigenvalue weighted by Gasteiger charge is -2.21. The molecule has 1 atom stereocenters. The zero-order valence-corrected chi connectivity index (χ0v) is 14.5. The second kappa shape index (κ2) is 8.71. The predicted molar refractivity (Wildman–Crippen MR) is 96.2 cm³/mol. The van der Waals surface area contributed by atoms with Gasteiger partial charge in [0.05, 0.1) is 19.8 Å². The molecule has 0 spiro atoms. The van der Waals surface area contributed by atoms with Crippen molar-refractivity contribution in [3.63, 3.8) is 0 Å². The van der Waals surface area contributed by atoms with Gasteiger partial charge in [0.2, 0.25) is 0 Å². The van der Waals surface area contributed by atoms with Crippen molar-refractivity contribution in [2.75, 3.05) is 14.2 Å². The number of aliphatic carboxylic acids is 1. The van der Waals surface area contributed by atoms with Crippen LogP contribution in [0.1, 0.15) is 33.8 Å². The molecule has 26 heavy (non-hydrogen) atoms. The van der Waals surface area contributed by atoms with E-state index in [1.807, 2.05) is 12.1 Å². The number of carboxylic acid groups (broad SMARTS) is 2. The van der Waals surface area contributed by atoms with Crippen LogP contribution in [-0.4, -0.2) is 36.4 Å². The summed E-state index contributed by atoms with van der Waals surface area (Å²) in [6.45, 7) is 0. The van der Waals surface area contributed by atoms with E-state index in [0.717, 1.165) is 11.6 Å². The smallest absolute Gasteiger partial charge is 0.336 e. The maximum Gasteiger partial charge on any atom is 0.336 e. The number of benzene rings is 2. The van der Waals surface area contributed by atoms with Gasteiger partial charge in [-0.05, 0) is 36.2 Å². The minimum atomic E-state index is -1.07. The lowest BCUT2D eigenvalue weighted by atomic mass is 9.84. The summed E-state index contributed by atoms with van der Waals surface area (Å²) in [5.41, 5.74) is 1.45. The molecule has 6 heteroatoms. The first-order valence-corrected chi connectivity index (χ1v) is 7.91. The summed E-state index contributed by atoms with van der Waals surface area (Å²) in [4.78, 5) is 22.5. The highest BCUT2D eigenvalue weighted by molar-refractivity contribution is 5.91. The first kappa shape index (κ1) is 19.1. The number of methoxy groups -OCH3 is 2. The van der Waals surface area contributed by atoms with Crippen LogP contribution in [0, 0.1) is 0 Å². The second-order valence-corrected chi connectivity index (χ2v) is 5.53. The predicted octanol–water partition coefficient (Wildman–Crippen LogP) is 3.56. The number of ether oxygens (including phenoxy) is 2. The zero-order valence-electron chi connectivity index (χ0n) is 14.5. The number of hydrogen-bond acceptors (Lipinski definition) is 4. The molecule has 0 fully saturated rings. The molecule has 0 aliphatic carbocycles. The van der Waals surface area contributed by atoms with Crippen molar-refractivity contribution in [3.8, 4) is 11.5 Å². The van der Waals surface area contributed by atoms with Gasteiger partial charge in [0.1, 0.15) is 11.5 Å². The van der Waals surface area contributed by atoms with Gasteiger partial charge in [0.25, 0.3) is 0 Å². The fourth-order valence-electron chi connectivity index (χ4n) is 2.83. The Morgan fingerprint density at radius 2 is 1.73 bits per heavy atom. The molecule has 2 aromatic carbocycles. The third-order valence-electron chi connectivity index (χ3n) is 4.02. The number of hydrogen-bond donors (Lipinski definition) is 2. The van der Waals surface area contributed by atoms with Gasteiger partial charge in [-0.2, -0.15) is 0 Å². The van der Waals surface area contributed by atoms with Crippen LogP contribution < -0.4 is 9.47 Å². The van der Waals surface area contributed by atoms with Crippen LogP contribution in [0.5, 0.6) is 11.5 Å². The Bertz CT molecular complexity index is 808. The molecule has 0 saturated heterocycles. The lowest BCUT2D eigenvalue weighted by molar-refractivity contribution is -0.131. The van der Waals surface area contributed by atoms with Crippen LogP contribution in [0.2, 0.25) is 0 Å². The highest BCUT2D eigenvalue weighted by Gasteiger charge is 2.24. The highest BCUT2D eigenvalue weighted by atomic mass is 16.5. The highest BCUT2D eigenvalue weighted by Crippen LogP contribution is 2.38. The van der Waals surface area contributed by atoms with Crippen molar-refractivity contribution in [3.05, 3.63) is 71.3 Å². The van der Waals surface area contributed by atoms with Gasteiger partial charge in [-0.3, -0.25) is 0 Å². The Hall–Kier alpha value is -3.28. The fraction of sp³-hybridized carbons (Fsp3) is 0.200. The molecule has 136 valence electrons. The zero-order chi connectivity index (χ0) is 19.1. The van der Waals surface area contributed by atoms with E-state index in [-0.39, 0.29) is 5.56 Å². The maximum atomic E-state index is 11.7. The number of aromatic carboxylic acids is 1. The molecular weight excluding hydrogens is 336 g/mol. The molecule has 0 heterocycles. The molecule has 0 aliphatic rings. The molecule has 2 N–H and O–H groups in total. The Labute approximate surface area is 151 Å². The van der Waals surface area contributed by atoms with E-state index in [1.165, 1.54) is 19.3 Å². The molecule has 2 aromatic rings. The van der Waals surface area contributed by atoms with Crippen molar-refractivity contribution in [1.82, 2.24) is 0 Å². The first-order valence-electron chi connectivity index (χ1n) is 7.91. The minimum absolute atomic E-state index is 0.119. The first-order chi connectivity index (χ1) is 12.5. The number of allylic oxidation sites excluding steroid dienone is 1. The van der Waals surface area contributed by atoms with Crippen LogP contribution in [0.25, 0.3) is 0 Å². The van der Waals surface area contributed by atoms with Gasteiger partial charge >= 0.3 is 11.9 Å². The maximum absolute atomic E-state index is 11.7. The van der Waals surface area contributed by atoms with Crippen molar-refractivity contribution in [2.24, 2.45) is 0 Å². The fourth-order valence-corrected chi connectivity index (χ4v) is 2.83. The van der Waals surface area contributed by atoms with Gasteiger partial charge in [-0.15, -0.1) is 0 Å². The van der Waals surface area contributed by atoms with Crippen LogP contribution >= 0.6 is 0 Å². The summed E-state index contributed by atoms with van der Waals surface area (Å²) in [5.74, 6) is -1.41. The largest absolute Gasteiger partial charge is 0.497 e. The van der Waals surface area contributed by atoms with Gasteiger partial charge < -0.3 is 19.7 Å². The van der Waals surface area contributed by atoms with E-state index in [2.05, 4.69) is 0 Å². The molecule has 0 aromatic heterocycles. The van der Waals surface area contributed by atoms with Crippen LogP contribution in [0.15, 0.2) is 54.6 Å². The van der Waals surface area contributed by atoms with E-state index in [0.29, 0.717) is 23.5 Å². The molecule has 0 bridgehead atoms. The Morgan fingerprint density at radius 1 is 1.04 bits per heavy atom. The Balaban J connectivity index is 2.59. The van der Waals surface area contributed by atoms with Gasteiger partial charge in [-0.25, -0.2) is 9.59 Å². The van der Waals surface area contributed by atoms with E-state index in [9.17, 15) is 14.7 Å². The monoisotopic (exact) mass is 356 g/mol. The summed E-state index contributed by atoms with van der Waals surface area (Å²) >= 11 is 0. The Morgan fingerprint density at radius 3 is 2.27 bits per heavy atom. The SMILES string of the molecule is COc1ccc(C(C/C=C/C(=O)O)c2c(OC)cccc2C(=O)O)cc1. The van der Waals surface area contributed by atoms with Gasteiger partial charge in [0, 0.05) is 17.6 Å². The topological polar surface area (TPSA) is 93.1 Å². The van der Waals surface area contributed by atoms with E-state index >= 15 is 0 Å². The van der Waals surface area contributed by atoms with E-state index in [1.54, 1.807) is 31.4 Å². The number of carboxylic acids is 2. The second-order valence-electron chi connectivity index (χ2n) is 5.53. The average molecular weight is 356 g/mol. The summed E-state index contributed by atoms with van der Waals surface area (Å²) in [5, 5.41) is 18.4. The van der Waals surface area contributed by atoms with Crippen LogP contribution in [0.3, 0.4) is 0 Å². The normalized spacial score (nSPS) is 11.9. The van der Waals surface area contributed by atoms with Crippen molar-refractivity contribution in [2.45, 2.75) is 12.3 Å². The summed E-state index contributed by atoms with van der Waals surface area (Å²) in [6, 6.07) is 12.0. The molecule has 0 aliphatic heterocycles. The van der Waals surface area contributed by atoms with Gasteiger partial charge in [0.15, 0.2) is 0 Å². The molecular formula is C20H20O6. The summed E-state index contributed by atoms with van der Waals surface area (Å²) in [7, 11) is 3.04. The summed E-state index contributed by atoms with van der Waals surface area (Å²) < 4.78 is 10.5. The molecule has 6 nitrogen and oxygen atoms in total. The van der Waals surface area contributed by atoms with Crippen molar-refractivity contribution in [1.29, 1.82) is 0 Å². The van der Waals surface area contributed by atoms with Crippen LogP contribution in [0.4, 0.5) is 0 Å². The minimum Gasteiger partial charge on any atom is -0.497 e. The quantitative estimate of drug-likeness (QED) is 0.703. The van der Waals surface area contributed by atoms with Crippen molar-refractivity contribution < 1.29 is 29.3 Å². The molecule has 2 rings (SSSR count). The third-order valence-corrected chi connectivity index (χ3v) is 4.02. The standard InChI is InChI=1S/C20H20O6/c1-25-14-11-9-13(10-12-14)15(5-4-8-18(21)22)19-16(20(23)24)6-3-7-17(19)26-2/h3-4,6-12,15H,5H2,1-2H3,(H,21,22)(H,23,24)/b8-4+. The molecule has 0 radical (unpaired) electrons. The Kier molecular flexibility index (Phi) is 6.38. The molecule has 0 saturated carbocycles. The summed E-state index contributed by atoms with van der Waals surface area (Å²) in [6.07, 6.45) is 2.86.